The van der Waals surface area contributed by atoms with Crippen molar-refractivity contribution in [3.8, 4) is 0 Å². The minimum Gasteiger partial charge on any atom is -0.320 e. The summed E-state index contributed by atoms with van der Waals surface area (Å²) in [4.78, 5) is 4.37. The topological polar surface area (TPSA) is 38.9 Å². The average Bonchev–Trinajstić information content (AvgIpc) is 2.46. The van der Waals surface area contributed by atoms with Crippen molar-refractivity contribution >= 4 is 26.8 Å². The van der Waals surface area contributed by atoms with Gasteiger partial charge in [0.1, 0.15) is 0 Å². The van der Waals surface area contributed by atoms with Gasteiger partial charge >= 0.3 is 0 Å². The van der Waals surface area contributed by atoms with Crippen LogP contribution in [0, 0.1) is 0 Å². The van der Waals surface area contributed by atoms with Gasteiger partial charge in [0, 0.05) is 16.1 Å². The van der Waals surface area contributed by atoms with Gasteiger partial charge in [-0.25, -0.2) is 0 Å². The van der Waals surface area contributed by atoms with Crippen molar-refractivity contribution in [1.29, 1.82) is 0 Å². The Kier molecular flexibility index (Phi) is 3.32. The van der Waals surface area contributed by atoms with Crippen LogP contribution < -0.4 is 5.73 Å². The lowest BCUT2D eigenvalue weighted by atomic mass is 9.96. The summed E-state index contributed by atoms with van der Waals surface area (Å²) in [5.41, 5.74) is 9.58. The second-order valence-electron chi connectivity index (χ2n) is 4.42. The van der Waals surface area contributed by atoms with Crippen LogP contribution in [-0.2, 0) is 0 Å². The molecule has 0 aliphatic heterocycles. The summed E-state index contributed by atoms with van der Waals surface area (Å²) in [5.74, 6) is 0. The predicted octanol–water partition coefficient (Wildman–Crippen LogP) is 4.05. The van der Waals surface area contributed by atoms with Crippen LogP contribution >= 0.6 is 15.9 Å². The van der Waals surface area contributed by atoms with E-state index in [2.05, 4.69) is 33.0 Å². The lowest BCUT2D eigenvalue weighted by molar-refractivity contribution is 0.874. The van der Waals surface area contributed by atoms with Gasteiger partial charge in [0.2, 0.25) is 0 Å². The van der Waals surface area contributed by atoms with Gasteiger partial charge in [-0.05, 0) is 29.3 Å². The van der Waals surface area contributed by atoms with Crippen LogP contribution in [0.1, 0.15) is 17.2 Å². The first-order valence-electron chi connectivity index (χ1n) is 6.11. The molecule has 0 aliphatic carbocycles. The van der Waals surface area contributed by atoms with E-state index < -0.39 is 0 Å². The first kappa shape index (κ1) is 12.3. The maximum Gasteiger partial charge on any atom is 0.0705 e. The molecule has 0 spiro atoms. The quantitative estimate of drug-likeness (QED) is 0.775. The summed E-state index contributed by atoms with van der Waals surface area (Å²) >= 11 is 3.56. The van der Waals surface area contributed by atoms with Gasteiger partial charge in [0.25, 0.3) is 0 Å². The Morgan fingerprint density at radius 3 is 2.53 bits per heavy atom. The molecule has 0 radical (unpaired) electrons. The third-order valence-corrected chi connectivity index (χ3v) is 3.98. The zero-order valence-electron chi connectivity index (χ0n) is 10.3. The lowest BCUT2D eigenvalue weighted by Crippen LogP contribution is -2.13. The zero-order chi connectivity index (χ0) is 13.2. The fourth-order valence-corrected chi connectivity index (χ4v) is 2.82. The average molecular weight is 313 g/mol. The molecule has 2 aromatic carbocycles. The molecule has 0 aliphatic rings. The Hall–Kier alpha value is -1.71. The van der Waals surface area contributed by atoms with E-state index in [1.165, 1.54) is 0 Å². The van der Waals surface area contributed by atoms with Crippen molar-refractivity contribution in [2.24, 2.45) is 5.73 Å². The monoisotopic (exact) mass is 312 g/mol. The van der Waals surface area contributed by atoms with Crippen LogP contribution in [0.15, 0.2) is 65.3 Å². The van der Waals surface area contributed by atoms with Crippen molar-refractivity contribution in [3.63, 3.8) is 0 Å². The molecule has 2 N–H and O–H groups in total. The number of rotatable bonds is 2. The fraction of sp³-hybridized carbons (Fsp3) is 0.0625. The molecule has 94 valence electrons. The largest absolute Gasteiger partial charge is 0.320 e. The first-order valence-corrected chi connectivity index (χ1v) is 6.90. The standard InChI is InChI=1S/C16H13BrN2/c17-14-8-2-1-5-13(14)16(18)12-6-3-9-15-11(12)7-4-10-19-15/h1-10,16H,18H2. The van der Waals surface area contributed by atoms with Gasteiger partial charge in [-0.3, -0.25) is 4.98 Å². The van der Waals surface area contributed by atoms with E-state index in [0.29, 0.717) is 0 Å². The Morgan fingerprint density at radius 2 is 1.68 bits per heavy atom. The van der Waals surface area contributed by atoms with E-state index in [-0.39, 0.29) is 6.04 Å². The van der Waals surface area contributed by atoms with E-state index in [0.717, 1.165) is 26.5 Å². The van der Waals surface area contributed by atoms with Gasteiger partial charge in [-0.2, -0.15) is 0 Å². The van der Waals surface area contributed by atoms with Crippen LogP contribution in [-0.4, -0.2) is 4.98 Å². The van der Waals surface area contributed by atoms with Gasteiger partial charge in [-0.1, -0.05) is 52.3 Å². The minimum absolute atomic E-state index is 0.163. The number of nitrogens with two attached hydrogens (primary N) is 1. The van der Waals surface area contributed by atoms with Gasteiger partial charge in [0.15, 0.2) is 0 Å². The van der Waals surface area contributed by atoms with Crippen LogP contribution in [0.3, 0.4) is 0 Å². The zero-order valence-corrected chi connectivity index (χ0v) is 11.8. The van der Waals surface area contributed by atoms with E-state index >= 15 is 0 Å². The van der Waals surface area contributed by atoms with E-state index in [9.17, 15) is 0 Å². The summed E-state index contributed by atoms with van der Waals surface area (Å²) in [6.45, 7) is 0. The summed E-state index contributed by atoms with van der Waals surface area (Å²) < 4.78 is 1.03. The summed E-state index contributed by atoms with van der Waals surface area (Å²) in [7, 11) is 0. The number of hydrogen-bond donors (Lipinski definition) is 1. The molecule has 0 bridgehead atoms. The second-order valence-corrected chi connectivity index (χ2v) is 5.27. The molecule has 1 heterocycles. The van der Waals surface area contributed by atoms with Crippen molar-refractivity contribution in [2.75, 3.05) is 0 Å². The molecule has 1 atom stereocenters. The Morgan fingerprint density at radius 1 is 0.895 bits per heavy atom. The van der Waals surface area contributed by atoms with Crippen LogP contribution in [0.4, 0.5) is 0 Å². The molecule has 19 heavy (non-hydrogen) atoms. The SMILES string of the molecule is NC(c1ccccc1Br)c1cccc2ncccc12. The molecule has 2 nitrogen and oxygen atoms in total. The van der Waals surface area contributed by atoms with Crippen LogP contribution in [0.2, 0.25) is 0 Å². The molecular formula is C16H13BrN2. The highest BCUT2D eigenvalue weighted by Crippen LogP contribution is 2.30. The Bertz CT molecular complexity index is 719. The molecule has 0 saturated heterocycles. The van der Waals surface area contributed by atoms with E-state index in [1.54, 1.807) is 6.20 Å². The Labute approximate surface area is 120 Å². The van der Waals surface area contributed by atoms with Gasteiger partial charge in [0.05, 0.1) is 11.6 Å². The molecule has 3 aromatic rings. The van der Waals surface area contributed by atoms with Gasteiger partial charge in [-0.15, -0.1) is 0 Å². The molecular weight excluding hydrogens is 300 g/mol. The number of pyridine rings is 1. The Balaban J connectivity index is 2.17. The third kappa shape index (κ3) is 2.27. The maximum absolute atomic E-state index is 6.43. The smallest absolute Gasteiger partial charge is 0.0705 e. The second kappa shape index (κ2) is 5.11. The number of halogens is 1. The highest BCUT2D eigenvalue weighted by atomic mass is 79.9. The molecule has 3 rings (SSSR count). The fourth-order valence-electron chi connectivity index (χ4n) is 2.29. The van der Waals surface area contributed by atoms with Crippen molar-refractivity contribution < 1.29 is 0 Å². The molecule has 0 saturated carbocycles. The van der Waals surface area contributed by atoms with Crippen molar-refractivity contribution in [3.05, 3.63) is 76.4 Å². The third-order valence-electron chi connectivity index (χ3n) is 3.25. The van der Waals surface area contributed by atoms with E-state index in [4.69, 9.17) is 5.73 Å². The molecule has 0 fully saturated rings. The number of hydrogen-bond acceptors (Lipinski definition) is 2. The normalized spacial score (nSPS) is 12.5. The number of fused-ring (bicyclic) bond motifs is 1. The number of aromatic nitrogens is 1. The minimum atomic E-state index is -0.163. The summed E-state index contributed by atoms with van der Waals surface area (Å²) in [6.07, 6.45) is 1.80. The van der Waals surface area contributed by atoms with Crippen LogP contribution in [0.5, 0.6) is 0 Å². The molecule has 1 unspecified atom stereocenters. The molecule has 1 aromatic heterocycles. The van der Waals surface area contributed by atoms with E-state index in [1.807, 2.05) is 42.5 Å². The molecule has 0 amide bonds. The van der Waals surface area contributed by atoms with Crippen molar-refractivity contribution in [1.82, 2.24) is 4.98 Å². The highest BCUT2D eigenvalue weighted by molar-refractivity contribution is 9.10. The first-order chi connectivity index (χ1) is 9.27. The maximum atomic E-state index is 6.43. The summed E-state index contributed by atoms with van der Waals surface area (Å²) in [5, 5.41) is 1.10. The highest BCUT2D eigenvalue weighted by Gasteiger charge is 2.14. The number of nitrogens with zero attached hydrogens (tertiary/aromatic N) is 1. The van der Waals surface area contributed by atoms with Crippen LogP contribution in [0.25, 0.3) is 10.9 Å². The molecule has 3 heteroatoms. The van der Waals surface area contributed by atoms with Gasteiger partial charge < -0.3 is 5.73 Å². The van der Waals surface area contributed by atoms with Crippen molar-refractivity contribution in [2.45, 2.75) is 6.04 Å². The number of benzene rings is 2. The summed E-state index contributed by atoms with van der Waals surface area (Å²) in [6, 6.07) is 18.0. The lowest BCUT2D eigenvalue weighted by Gasteiger charge is -2.16. The predicted molar refractivity (Wildman–Crippen MR) is 81.9 cm³/mol.